The van der Waals surface area contributed by atoms with Gasteiger partial charge in [0.05, 0.1) is 5.56 Å². The number of aryl methyl sites for hydroxylation is 1. The van der Waals surface area contributed by atoms with Crippen molar-refractivity contribution < 1.29 is 9.94 Å². The van der Waals surface area contributed by atoms with Crippen molar-refractivity contribution in [3.63, 3.8) is 0 Å². The highest BCUT2D eigenvalue weighted by Gasteiger charge is 2.10. The molecule has 0 aliphatic carbocycles. The average molecular weight is 285 g/mol. The molecule has 0 spiro atoms. The summed E-state index contributed by atoms with van der Waals surface area (Å²) in [5.41, 5.74) is 8.31. The molecule has 0 aliphatic heterocycles. The summed E-state index contributed by atoms with van der Waals surface area (Å²) < 4.78 is 5.91. The van der Waals surface area contributed by atoms with Crippen LogP contribution in [0.5, 0.6) is 11.5 Å². The van der Waals surface area contributed by atoms with E-state index in [9.17, 15) is 0 Å². The third kappa shape index (κ3) is 3.45. The molecule has 3 N–H and O–H groups in total. The van der Waals surface area contributed by atoms with Gasteiger partial charge in [-0.05, 0) is 36.8 Å². The van der Waals surface area contributed by atoms with Gasteiger partial charge in [-0.1, -0.05) is 17.3 Å². The lowest BCUT2D eigenvalue weighted by molar-refractivity contribution is 0.318. The SMILES string of the molecule is Cc1ccc(C(N)=NO)c(Oc2cccc(N(C)C)c2)c1. The molecule has 2 aromatic carbocycles. The zero-order valence-corrected chi connectivity index (χ0v) is 12.4. The van der Waals surface area contributed by atoms with Crippen molar-refractivity contribution in [1.29, 1.82) is 0 Å². The summed E-state index contributed by atoms with van der Waals surface area (Å²) in [6.07, 6.45) is 0. The van der Waals surface area contributed by atoms with E-state index in [1.807, 2.05) is 62.3 Å². The normalized spacial score (nSPS) is 11.3. The van der Waals surface area contributed by atoms with Crippen molar-refractivity contribution in [2.75, 3.05) is 19.0 Å². The molecule has 0 unspecified atom stereocenters. The van der Waals surface area contributed by atoms with Gasteiger partial charge in [0.2, 0.25) is 0 Å². The van der Waals surface area contributed by atoms with Crippen LogP contribution in [0.3, 0.4) is 0 Å². The standard InChI is InChI=1S/C16H19N3O2/c1-11-7-8-14(16(17)18-20)15(9-11)21-13-6-4-5-12(10-13)19(2)3/h4-10,20H,1-3H3,(H2,17,18). The van der Waals surface area contributed by atoms with E-state index in [1.165, 1.54) is 0 Å². The first-order valence-electron chi connectivity index (χ1n) is 6.55. The van der Waals surface area contributed by atoms with Crippen molar-refractivity contribution in [3.05, 3.63) is 53.6 Å². The molecular formula is C16H19N3O2. The summed E-state index contributed by atoms with van der Waals surface area (Å²) >= 11 is 0. The van der Waals surface area contributed by atoms with E-state index >= 15 is 0 Å². The highest BCUT2D eigenvalue weighted by atomic mass is 16.5. The predicted octanol–water partition coefficient (Wildman–Crippen LogP) is 2.95. The molecule has 0 radical (unpaired) electrons. The van der Waals surface area contributed by atoms with E-state index in [2.05, 4.69) is 5.16 Å². The minimum absolute atomic E-state index is 0.0220. The van der Waals surface area contributed by atoms with E-state index in [4.69, 9.17) is 15.7 Å². The zero-order chi connectivity index (χ0) is 15.4. The number of oxime groups is 1. The monoisotopic (exact) mass is 285 g/mol. The second-order valence-electron chi connectivity index (χ2n) is 4.98. The topological polar surface area (TPSA) is 71.1 Å². The first kappa shape index (κ1) is 14.7. The molecule has 5 heteroatoms. The fourth-order valence-electron chi connectivity index (χ4n) is 1.93. The smallest absolute Gasteiger partial charge is 0.173 e. The Balaban J connectivity index is 2.39. The lowest BCUT2D eigenvalue weighted by Crippen LogP contribution is -2.14. The van der Waals surface area contributed by atoms with Crippen molar-refractivity contribution in [2.24, 2.45) is 10.9 Å². The van der Waals surface area contributed by atoms with Crippen LogP contribution in [0.1, 0.15) is 11.1 Å². The van der Waals surface area contributed by atoms with Crippen LogP contribution in [0.15, 0.2) is 47.6 Å². The van der Waals surface area contributed by atoms with Crippen LogP contribution >= 0.6 is 0 Å². The Morgan fingerprint density at radius 3 is 2.62 bits per heavy atom. The Morgan fingerprint density at radius 2 is 1.95 bits per heavy atom. The fraction of sp³-hybridized carbons (Fsp3) is 0.188. The van der Waals surface area contributed by atoms with Gasteiger partial charge in [0, 0.05) is 25.8 Å². The second-order valence-corrected chi connectivity index (χ2v) is 4.98. The first-order valence-corrected chi connectivity index (χ1v) is 6.55. The Labute approximate surface area is 124 Å². The van der Waals surface area contributed by atoms with E-state index in [0.29, 0.717) is 17.1 Å². The highest BCUT2D eigenvalue weighted by molar-refractivity contribution is 5.99. The number of nitrogens with zero attached hydrogens (tertiary/aromatic N) is 2. The van der Waals surface area contributed by atoms with E-state index < -0.39 is 0 Å². The minimum atomic E-state index is 0.0220. The molecule has 0 bridgehead atoms. The first-order chi connectivity index (χ1) is 10.0. The van der Waals surface area contributed by atoms with Crippen LogP contribution in [-0.2, 0) is 0 Å². The number of rotatable bonds is 4. The van der Waals surface area contributed by atoms with Crippen LogP contribution in [0.2, 0.25) is 0 Å². The molecule has 110 valence electrons. The maximum atomic E-state index is 8.87. The van der Waals surface area contributed by atoms with Gasteiger partial charge in [-0.15, -0.1) is 0 Å². The molecule has 5 nitrogen and oxygen atoms in total. The number of ether oxygens (including phenoxy) is 1. The van der Waals surface area contributed by atoms with Gasteiger partial charge in [-0.3, -0.25) is 0 Å². The largest absolute Gasteiger partial charge is 0.457 e. The van der Waals surface area contributed by atoms with Crippen LogP contribution in [0.4, 0.5) is 5.69 Å². The fourth-order valence-corrected chi connectivity index (χ4v) is 1.93. The highest BCUT2D eigenvalue weighted by Crippen LogP contribution is 2.28. The van der Waals surface area contributed by atoms with Crippen molar-refractivity contribution in [2.45, 2.75) is 6.92 Å². The van der Waals surface area contributed by atoms with Gasteiger partial charge < -0.3 is 20.6 Å². The van der Waals surface area contributed by atoms with Crippen molar-refractivity contribution >= 4 is 11.5 Å². The summed E-state index contributed by atoms with van der Waals surface area (Å²) in [7, 11) is 3.93. The molecule has 21 heavy (non-hydrogen) atoms. The van der Waals surface area contributed by atoms with Gasteiger partial charge in [-0.25, -0.2) is 0 Å². The van der Waals surface area contributed by atoms with E-state index in [0.717, 1.165) is 11.3 Å². The third-order valence-electron chi connectivity index (χ3n) is 3.08. The molecule has 0 saturated heterocycles. The molecule has 2 rings (SSSR count). The molecule has 2 aromatic rings. The van der Waals surface area contributed by atoms with Crippen molar-refractivity contribution in [3.8, 4) is 11.5 Å². The Morgan fingerprint density at radius 1 is 1.19 bits per heavy atom. The van der Waals surface area contributed by atoms with Gasteiger partial charge in [-0.2, -0.15) is 0 Å². The number of nitrogens with two attached hydrogens (primary N) is 1. The quantitative estimate of drug-likeness (QED) is 0.392. The Bertz CT molecular complexity index is 666. The lowest BCUT2D eigenvalue weighted by atomic mass is 10.1. The average Bonchev–Trinajstić information content (AvgIpc) is 2.47. The summed E-state index contributed by atoms with van der Waals surface area (Å²) in [5, 5.41) is 11.9. The minimum Gasteiger partial charge on any atom is -0.457 e. The van der Waals surface area contributed by atoms with Crippen LogP contribution in [-0.4, -0.2) is 25.1 Å². The van der Waals surface area contributed by atoms with Gasteiger partial charge >= 0.3 is 0 Å². The molecular weight excluding hydrogens is 266 g/mol. The maximum absolute atomic E-state index is 8.87. The summed E-state index contributed by atoms with van der Waals surface area (Å²) in [5.74, 6) is 1.27. The molecule has 0 atom stereocenters. The van der Waals surface area contributed by atoms with Crippen LogP contribution in [0, 0.1) is 6.92 Å². The molecule has 0 fully saturated rings. The van der Waals surface area contributed by atoms with Crippen molar-refractivity contribution in [1.82, 2.24) is 0 Å². The number of amidine groups is 1. The van der Waals surface area contributed by atoms with Gasteiger partial charge in [0.25, 0.3) is 0 Å². The number of hydrogen-bond donors (Lipinski definition) is 2. The molecule has 0 aliphatic rings. The van der Waals surface area contributed by atoms with Gasteiger partial charge in [0.15, 0.2) is 5.84 Å². The Hall–Kier alpha value is -2.69. The molecule has 0 saturated carbocycles. The van der Waals surface area contributed by atoms with E-state index in [1.54, 1.807) is 6.07 Å². The summed E-state index contributed by atoms with van der Waals surface area (Å²) in [6, 6.07) is 13.2. The zero-order valence-electron chi connectivity index (χ0n) is 12.4. The summed E-state index contributed by atoms with van der Waals surface area (Å²) in [4.78, 5) is 1.99. The predicted molar refractivity (Wildman–Crippen MR) is 84.5 cm³/mol. The summed E-state index contributed by atoms with van der Waals surface area (Å²) in [6.45, 7) is 1.96. The van der Waals surface area contributed by atoms with Gasteiger partial charge in [0.1, 0.15) is 11.5 Å². The molecule has 0 aromatic heterocycles. The maximum Gasteiger partial charge on any atom is 0.173 e. The lowest BCUT2D eigenvalue weighted by Gasteiger charge is -2.15. The van der Waals surface area contributed by atoms with Crippen LogP contribution < -0.4 is 15.4 Å². The number of anilines is 1. The second kappa shape index (κ2) is 6.17. The number of benzene rings is 2. The van der Waals surface area contributed by atoms with E-state index in [-0.39, 0.29) is 5.84 Å². The van der Waals surface area contributed by atoms with Crippen LogP contribution in [0.25, 0.3) is 0 Å². The number of hydrogen-bond acceptors (Lipinski definition) is 4. The molecule has 0 amide bonds. The molecule has 0 heterocycles. The Kier molecular flexibility index (Phi) is 4.33. The third-order valence-corrected chi connectivity index (χ3v) is 3.08.